The molecule has 1 N–H and O–H groups in total. The fraction of sp³-hybridized carbons (Fsp3) is 0.235. The van der Waals surface area contributed by atoms with Gasteiger partial charge < -0.3 is 5.32 Å². The summed E-state index contributed by atoms with van der Waals surface area (Å²) in [4.78, 5) is 12.8. The second-order valence-electron chi connectivity index (χ2n) is 5.54. The van der Waals surface area contributed by atoms with Crippen LogP contribution in [0.25, 0.3) is 0 Å². The van der Waals surface area contributed by atoms with Crippen LogP contribution in [0.4, 0.5) is 5.69 Å². The molecule has 0 aliphatic rings. The zero-order chi connectivity index (χ0) is 17.9. The molecule has 128 valence electrons. The molecule has 24 heavy (non-hydrogen) atoms. The Labute approximate surface area is 147 Å². The van der Waals surface area contributed by atoms with E-state index < -0.39 is 22.0 Å². The van der Waals surface area contributed by atoms with Crippen molar-refractivity contribution >= 4 is 33.2 Å². The van der Waals surface area contributed by atoms with Gasteiger partial charge in [-0.3, -0.25) is 4.79 Å². The number of carbonyl (C=O) groups excluding carboxylic acids is 1. The van der Waals surface area contributed by atoms with Crippen molar-refractivity contribution in [2.75, 3.05) is 18.6 Å². The third-order valence-corrected chi connectivity index (χ3v) is 5.20. The quantitative estimate of drug-likeness (QED) is 0.883. The summed E-state index contributed by atoms with van der Waals surface area (Å²) in [7, 11) is -2.17. The zero-order valence-electron chi connectivity index (χ0n) is 13.7. The van der Waals surface area contributed by atoms with Crippen molar-refractivity contribution in [1.29, 1.82) is 0 Å². The van der Waals surface area contributed by atoms with Gasteiger partial charge >= 0.3 is 0 Å². The molecule has 0 aliphatic heterocycles. The first-order valence-corrected chi connectivity index (χ1v) is 9.48. The van der Waals surface area contributed by atoms with Crippen LogP contribution >= 0.6 is 11.6 Å². The van der Waals surface area contributed by atoms with Crippen LogP contribution in [-0.4, -0.2) is 31.9 Å². The molecular weight excluding hydrogens is 348 g/mol. The summed E-state index contributed by atoms with van der Waals surface area (Å²) in [6, 6.07) is 12.9. The number of nitrogens with zero attached hydrogens (tertiary/aromatic N) is 1. The van der Waals surface area contributed by atoms with Gasteiger partial charge in [-0.05, 0) is 30.2 Å². The molecule has 0 heterocycles. The Morgan fingerprint density at radius 2 is 1.79 bits per heavy atom. The van der Waals surface area contributed by atoms with Crippen LogP contribution in [-0.2, 0) is 14.8 Å². The van der Waals surface area contributed by atoms with E-state index in [9.17, 15) is 13.2 Å². The van der Waals surface area contributed by atoms with Gasteiger partial charge in [-0.15, -0.1) is 0 Å². The molecule has 0 spiro atoms. The summed E-state index contributed by atoms with van der Waals surface area (Å²) >= 11 is 5.97. The van der Waals surface area contributed by atoms with Gasteiger partial charge in [0.1, 0.15) is 6.04 Å². The maximum Gasteiger partial charge on any atom is 0.247 e. The third-order valence-electron chi connectivity index (χ3n) is 3.71. The summed E-state index contributed by atoms with van der Waals surface area (Å²) in [6.45, 7) is 1.84. The number of anilines is 1. The fourth-order valence-corrected chi connectivity index (χ4v) is 3.06. The van der Waals surface area contributed by atoms with Crippen LogP contribution in [0.3, 0.4) is 0 Å². The first-order valence-electron chi connectivity index (χ1n) is 7.25. The monoisotopic (exact) mass is 366 g/mol. The molecule has 7 heteroatoms. The smallest absolute Gasteiger partial charge is 0.247 e. The molecule has 2 rings (SSSR count). The Morgan fingerprint density at radius 3 is 2.38 bits per heavy atom. The van der Waals surface area contributed by atoms with Crippen molar-refractivity contribution in [2.45, 2.75) is 13.0 Å². The number of sulfonamides is 1. The first-order chi connectivity index (χ1) is 11.2. The Balaban J connectivity index is 2.40. The molecule has 0 aliphatic carbocycles. The predicted octanol–water partition coefficient (Wildman–Crippen LogP) is 3.22. The summed E-state index contributed by atoms with van der Waals surface area (Å²) in [5.41, 5.74) is 1.97. The first kappa shape index (κ1) is 18.4. The Hall–Kier alpha value is -1.89. The van der Waals surface area contributed by atoms with Crippen LogP contribution in [0, 0.1) is 6.92 Å². The fourth-order valence-electron chi connectivity index (χ4n) is 2.28. The van der Waals surface area contributed by atoms with E-state index in [1.54, 1.807) is 48.5 Å². The minimum atomic E-state index is -3.56. The molecule has 2 aromatic rings. The van der Waals surface area contributed by atoms with E-state index in [1.807, 2.05) is 6.92 Å². The number of hydrogen-bond acceptors (Lipinski definition) is 3. The van der Waals surface area contributed by atoms with Crippen LogP contribution < -0.4 is 5.32 Å². The van der Waals surface area contributed by atoms with Crippen molar-refractivity contribution in [1.82, 2.24) is 4.31 Å². The van der Waals surface area contributed by atoms with Crippen molar-refractivity contribution in [3.05, 3.63) is 64.7 Å². The summed E-state index contributed by atoms with van der Waals surface area (Å²) < 4.78 is 25.0. The highest BCUT2D eigenvalue weighted by Gasteiger charge is 2.30. The van der Waals surface area contributed by atoms with Gasteiger partial charge in [0, 0.05) is 17.8 Å². The lowest BCUT2D eigenvalue weighted by Gasteiger charge is -2.26. The maximum atomic E-state index is 12.8. The molecule has 0 saturated carbocycles. The molecule has 0 bridgehead atoms. The molecule has 0 saturated heterocycles. The van der Waals surface area contributed by atoms with E-state index in [1.165, 1.54) is 7.05 Å². The van der Waals surface area contributed by atoms with Crippen LogP contribution in [0.2, 0.25) is 5.02 Å². The lowest BCUT2D eigenvalue weighted by molar-refractivity contribution is -0.119. The van der Waals surface area contributed by atoms with Gasteiger partial charge in [-0.2, -0.15) is 4.31 Å². The number of halogens is 1. The second-order valence-corrected chi connectivity index (χ2v) is 8.02. The Morgan fingerprint density at radius 1 is 1.17 bits per heavy atom. The molecular formula is C17H19ClN2O3S. The van der Waals surface area contributed by atoms with Crippen molar-refractivity contribution < 1.29 is 13.2 Å². The van der Waals surface area contributed by atoms with E-state index >= 15 is 0 Å². The maximum absolute atomic E-state index is 12.8. The molecule has 2 aromatic carbocycles. The summed E-state index contributed by atoms with van der Waals surface area (Å²) in [5, 5.41) is 3.26. The number of likely N-dealkylation sites (N-methyl/N-ethyl adjacent to an activating group) is 1. The van der Waals surface area contributed by atoms with Gasteiger partial charge in [0.05, 0.1) is 6.26 Å². The number of amides is 1. The summed E-state index contributed by atoms with van der Waals surface area (Å²) in [6.07, 6.45) is 1.07. The molecule has 0 unspecified atom stereocenters. The number of carbonyl (C=O) groups is 1. The van der Waals surface area contributed by atoms with Gasteiger partial charge in [0.2, 0.25) is 15.9 Å². The average Bonchev–Trinajstić information content (AvgIpc) is 2.51. The van der Waals surface area contributed by atoms with Crippen molar-refractivity contribution in [2.24, 2.45) is 0 Å². The van der Waals surface area contributed by atoms with Crippen molar-refractivity contribution in [3.63, 3.8) is 0 Å². The molecule has 1 atom stereocenters. The molecule has 0 fully saturated rings. The van der Waals surface area contributed by atoms with Crippen LogP contribution in [0.5, 0.6) is 0 Å². The Bertz CT molecular complexity index is 838. The highest BCUT2D eigenvalue weighted by atomic mass is 35.5. The van der Waals surface area contributed by atoms with E-state index in [2.05, 4.69) is 5.32 Å². The molecule has 5 nitrogen and oxygen atoms in total. The van der Waals surface area contributed by atoms with E-state index in [-0.39, 0.29) is 0 Å². The number of nitrogens with one attached hydrogen (secondary N) is 1. The minimum Gasteiger partial charge on any atom is -0.324 e. The summed E-state index contributed by atoms with van der Waals surface area (Å²) in [5.74, 6) is -0.445. The lowest BCUT2D eigenvalue weighted by atomic mass is 10.1. The molecule has 1 amide bonds. The van der Waals surface area contributed by atoms with E-state index in [4.69, 9.17) is 11.6 Å². The minimum absolute atomic E-state index is 0.445. The highest BCUT2D eigenvalue weighted by molar-refractivity contribution is 7.88. The highest BCUT2D eigenvalue weighted by Crippen LogP contribution is 2.26. The van der Waals surface area contributed by atoms with Gasteiger partial charge in [-0.25, -0.2) is 8.42 Å². The zero-order valence-corrected chi connectivity index (χ0v) is 15.2. The standard InChI is InChI=1S/C17H19ClN2O3S/c1-12-9-10-14(18)11-15(12)19-17(21)16(20(2)24(3,22)23)13-7-5-4-6-8-13/h4-11,16H,1-3H3,(H,19,21)/t16-/m1/s1. The number of aryl methyl sites for hydroxylation is 1. The van der Waals surface area contributed by atoms with Gasteiger partial charge in [0.25, 0.3) is 0 Å². The van der Waals surface area contributed by atoms with Crippen molar-refractivity contribution in [3.8, 4) is 0 Å². The normalized spacial score (nSPS) is 12.9. The average molecular weight is 367 g/mol. The lowest BCUT2D eigenvalue weighted by Crippen LogP contribution is -2.38. The SMILES string of the molecule is Cc1ccc(Cl)cc1NC(=O)[C@@H](c1ccccc1)N(C)S(C)(=O)=O. The molecule has 0 aromatic heterocycles. The second kappa shape index (κ2) is 7.34. The largest absolute Gasteiger partial charge is 0.324 e. The number of benzene rings is 2. The number of hydrogen-bond donors (Lipinski definition) is 1. The topological polar surface area (TPSA) is 66.5 Å². The van der Waals surface area contributed by atoms with E-state index in [0.717, 1.165) is 16.1 Å². The molecule has 0 radical (unpaired) electrons. The Kier molecular flexibility index (Phi) is 5.64. The van der Waals surface area contributed by atoms with E-state index in [0.29, 0.717) is 16.3 Å². The van der Waals surface area contributed by atoms with Gasteiger partial charge in [-0.1, -0.05) is 48.0 Å². The third kappa shape index (κ3) is 4.35. The number of rotatable bonds is 5. The van der Waals surface area contributed by atoms with Crippen LogP contribution in [0.1, 0.15) is 17.2 Å². The van der Waals surface area contributed by atoms with Crippen LogP contribution in [0.15, 0.2) is 48.5 Å². The van der Waals surface area contributed by atoms with Gasteiger partial charge in [0.15, 0.2) is 0 Å². The predicted molar refractivity (Wildman–Crippen MR) is 96.6 cm³/mol.